The molecule has 1 N–H and O–H groups in total. The van der Waals surface area contributed by atoms with Gasteiger partial charge < -0.3 is 0 Å². The van der Waals surface area contributed by atoms with Gasteiger partial charge >= 0.3 is 6.18 Å². The van der Waals surface area contributed by atoms with Crippen LogP contribution in [0.5, 0.6) is 0 Å². The van der Waals surface area contributed by atoms with Crippen LogP contribution in [0.1, 0.15) is 11.1 Å². The number of halogens is 5. The van der Waals surface area contributed by atoms with Crippen molar-refractivity contribution in [3.05, 3.63) is 94.0 Å². The van der Waals surface area contributed by atoms with Crippen LogP contribution in [0.25, 0.3) is 0 Å². The number of hydrogen-bond donors (Lipinski definition) is 1. The van der Waals surface area contributed by atoms with Crippen LogP contribution < -0.4 is 9.73 Å². The number of amides is 1. The molecule has 12 heteroatoms. The highest BCUT2D eigenvalue weighted by atomic mass is 35.5. The zero-order valence-corrected chi connectivity index (χ0v) is 19.5. The molecule has 6 nitrogen and oxygen atoms in total. The second kappa shape index (κ2) is 10.5. The minimum absolute atomic E-state index is 0.212. The van der Waals surface area contributed by atoms with E-state index in [-0.39, 0.29) is 4.90 Å². The number of nitrogens with one attached hydrogen (secondary N) is 1. The second-order valence-electron chi connectivity index (χ2n) is 6.83. The van der Waals surface area contributed by atoms with Crippen molar-refractivity contribution >= 4 is 51.0 Å². The van der Waals surface area contributed by atoms with Crippen LogP contribution in [-0.4, -0.2) is 27.1 Å². The summed E-state index contributed by atoms with van der Waals surface area (Å²) in [4.78, 5) is 12.3. The fourth-order valence-electron chi connectivity index (χ4n) is 2.81. The number of anilines is 1. The zero-order chi connectivity index (χ0) is 24.9. The summed E-state index contributed by atoms with van der Waals surface area (Å²) in [5.74, 6) is -0.881. The first-order valence-electron chi connectivity index (χ1n) is 9.50. The molecule has 1 amide bonds. The van der Waals surface area contributed by atoms with Gasteiger partial charge in [-0.2, -0.15) is 18.3 Å². The van der Waals surface area contributed by atoms with Gasteiger partial charge in [0.05, 0.1) is 27.4 Å². The molecule has 0 unspecified atom stereocenters. The Morgan fingerprint density at radius 2 is 1.65 bits per heavy atom. The molecule has 3 rings (SSSR count). The summed E-state index contributed by atoms with van der Waals surface area (Å²) in [6.07, 6.45) is -3.53. The van der Waals surface area contributed by atoms with Gasteiger partial charge in [0.2, 0.25) is 0 Å². The fourth-order valence-corrected chi connectivity index (χ4v) is 4.60. The molecule has 34 heavy (non-hydrogen) atoms. The number of benzene rings is 3. The third kappa shape index (κ3) is 6.28. The summed E-state index contributed by atoms with van der Waals surface area (Å²) in [5.41, 5.74) is 1.15. The average molecular weight is 530 g/mol. The number of nitrogens with zero attached hydrogens (tertiary/aromatic N) is 2. The van der Waals surface area contributed by atoms with Crippen molar-refractivity contribution < 1.29 is 26.4 Å². The van der Waals surface area contributed by atoms with E-state index in [2.05, 4.69) is 10.5 Å². The van der Waals surface area contributed by atoms with Crippen LogP contribution in [0.15, 0.2) is 82.8 Å². The first-order valence-corrected chi connectivity index (χ1v) is 11.7. The number of hydrazone groups is 1. The molecule has 0 aliphatic heterocycles. The van der Waals surface area contributed by atoms with E-state index >= 15 is 0 Å². The van der Waals surface area contributed by atoms with Gasteiger partial charge in [0, 0.05) is 5.02 Å². The lowest BCUT2D eigenvalue weighted by Crippen LogP contribution is -2.39. The molecule has 0 saturated carbocycles. The van der Waals surface area contributed by atoms with Gasteiger partial charge in [-0.15, -0.1) is 0 Å². The predicted molar refractivity (Wildman–Crippen MR) is 125 cm³/mol. The van der Waals surface area contributed by atoms with Gasteiger partial charge in [0.25, 0.3) is 15.9 Å². The molecular formula is C22H16Cl2F3N3O3S. The van der Waals surface area contributed by atoms with Crippen molar-refractivity contribution in [3.63, 3.8) is 0 Å². The van der Waals surface area contributed by atoms with E-state index in [0.717, 1.165) is 12.1 Å². The van der Waals surface area contributed by atoms with Crippen molar-refractivity contribution in [2.24, 2.45) is 5.10 Å². The van der Waals surface area contributed by atoms with E-state index in [1.807, 2.05) is 0 Å². The summed E-state index contributed by atoms with van der Waals surface area (Å²) in [7, 11) is -4.41. The SMILES string of the molecule is O=C(CN(c1ccc(Cl)c(C(F)(F)F)c1)S(=O)(=O)c1ccccc1)N/N=C\c1ccc(Cl)cc1. The molecule has 0 heterocycles. The maximum Gasteiger partial charge on any atom is 0.417 e. The summed E-state index contributed by atoms with van der Waals surface area (Å²) in [6, 6.07) is 16.1. The Morgan fingerprint density at radius 1 is 1.00 bits per heavy atom. The molecule has 0 aliphatic rings. The third-order valence-electron chi connectivity index (χ3n) is 4.43. The highest BCUT2D eigenvalue weighted by molar-refractivity contribution is 7.92. The third-order valence-corrected chi connectivity index (χ3v) is 6.80. The second-order valence-corrected chi connectivity index (χ2v) is 9.54. The molecule has 0 fully saturated rings. The molecule has 0 radical (unpaired) electrons. The van der Waals surface area contributed by atoms with Gasteiger partial charge in [-0.3, -0.25) is 9.10 Å². The van der Waals surface area contributed by atoms with Gasteiger partial charge in [0.1, 0.15) is 6.54 Å². The van der Waals surface area contributed by atoms with Crippen LogP contribution in [0.4, 0.5) is 18.9 Å². The van der Waals surface area contributed by atoms with Crippen LogP contribution >= 0.6 is 23.2 Å². The highest BCUT2D eigenvalue weighted by Gasteiger charge is 2.35. The van der Waals surface area contributed by atoms with Crippen molar-refractivity contribution in [1.29, 1.82) is 0 Å². The number of rotatable bonds is 7. The molecule has 0 aromatic heterocycles. The molecule has 0 atom stereocenters. The van der Waals surface area contributed by atoms with E-state index in [1.54, 1.807) is 30.3 Å². The Balaban J connectivity index is 1.93. The standard InChI is InChI=1S/C22H16Cl2F3N3O3S/c23-16-8-6-15(7-9-16)13-28-29-21(31)14-30(34(32,33)18-4-2-1-3-5-18)17-10-11-20(24)19(12-17)22(25,26)27/h1-13H,14H2,(H,29,31)/b28-13-. The normalized spacial score (nSPS) is 12.0. The first-order chi connectivity index (χ1) is 16.0. The molecule has 0 aliphatic carbocycles. The van der Waals surface area contributed by atoms with Gasteiger partial charge in [-0.05, 0) is 48.0 Å². The fraction of sp³-hybridized carbons (Fsp3) is 0.0909. The average Bonchev–Trinajstić information content (AvgIpc) is 2.79. The van der Waals surface area contributed by atoms with E-state index in [9.17, 15) is 26.4 Å². The van der Waals surface area contributed by atoms with Gasteiger partial charge in [-0.25, -0.2) is 13.8 Å². The van der Waals surface area contributed by atoms with Crippen molar-refractivity contribution in [2.75, 3.05) is 10.8 Å². The Kier molecular flexibility index (Phi) is 7.86. The molecule has 3 aromatic rings. The largest absolute Gasteiger partial charge is 0.417 e. The Hall–Kier alpha value is -3.08. The van der Waals surface area contributed by atoms with E-state index < -0.39 is 44.9 Å². The van der Waals surface area contributed by atoms with Crippen molar-refractivity contribution in [1.82, 2.24) is 5.43 Å². The summed E-state index contributed by atoms with van der Waals surface area (Å²) >= 11 is 11.5. The van der Waals surface area contributed by atoms with Crippen LogP contribution in [0.2, 0.25) is 10.0 Å². The van der Waals surface area contributed by atoms with Crippen molar-refractivity contribution in [2.45, 2.75) is 11.1 Å². The van der Waals surface area contributed by atoms with E-state index in [1.165, 1.54) is 30.5 Å². The maximum absolute atomic E-state index is 13.4. The Labute approximate surface area is 203 Å². The molecule has 0 saturated heterocycles. The predicted octanol–water partition coefficient (Wildman–Crippen LogP) is 5.36. The van der Waals surface area contributed by atoms with E-state index in [4.69, 9.17) is 23.2 Å². The molecular weight excluding hydrogens is 514 g/mol. The van der Waals surface area contributed by atoms with Gasteiger partial charge in [-0.1, -0.05) is 53.5 Å². The smallest absolute Gasteiger partial charge is 0.271 e. The Bertz CT molecular complexity index is 1300. The molecule has 3 aromatic carbocycles. The van der Waals surface area contributed by atoms with E-state index in [0.29, 0.717) is 21.0 Å². The monoisotopic (exact) mass is 529 g/mol. The summed E-state index contributed by atoms with van der Waals surface area (Å²) in [6.45, 7) is -0.839. The lowest BCUT2D eigenvalue weighted by molar-refractivity contribution is -0.137. The zero-order valence-electron chi connectivity index (χ0n) is 17.1. The first kappa shape index (κ1) is 25.5. The Morgan fingerprint density at radius 3 is 2.26 bits per heavy atom. The summed E-state index contributed by atoms with van der Waals surface area (Å²) < 4.78 is 67.1. The molecule has 178 valence electrons. The minimum Gasteiger partial charge on any atom is -0.271 e. The number of alkyl halides is 3. The highest BCUT2D eigenvalue weighted by Crippen LogP contribution is 2.37. The number of carbonyl (C=O) groups excluding carboxylic acids is 1. The van der Waals surface area contributed by atoms with Crippen LogP contribution in [0.3, 0.4) is 0 Å². The minimum atomic E-state index is -4.83. The topological polar surface area (TPSA) is 78.8 Å². The summed E-state index contributed by atoms with van der Waals surface area (Å²) in [5, 5.41) is 3.65. The molecule has 0 spiro atoms. The van der Waals surface area contributed by atoms with Crippen molar-refractivity contribution in [3.8, 4) is 0 Å². The van der Waals surface area contributed by atoms with Gasteiger partial charge in [0.15, 0.2) is 0 Å². The lowest BCUT2D eigenvalue weighted by Gasteiger charge is -2.24. The number of hydrogen-bond acceptors (Lipinski definition) is 4. The lowest BCUT2D eigenvalue weighted by atomic mass is 10.2. The van der Waals surface area contributed by atoms with Crippen LogP contribution in [0, 0.1) is 0 Å². The number of carbonyl (C=O) groups is 1. The number of sulfonamides is 1. The quantitative estimate of drug-likeness (QED) is 0.330. The molecule has 0 bridgehead atoms. The maximum atomic E-state index is 13.4. The van der Waals surface area contributed by atoms with Crippen LogP contribution in [-0.2, 0) is 21.0 Å².